The third-order valence-electron chi connectivity index (χ3n) is 4.08. The first-order valence-electron chi connectivity index (χ1n) is 8.16. The van der Waals surface area contributed by atoms with Crippen molar-refractivity contribution in [3.63, 3.8) is 0 Å². The number of amides is 1. The summed E-state index contributed by atoms with van der Waals surface area (Å²) in [5, 5.41) is 3.47. The van der Waals surface area contributed by atoms with Crippen LogP contribution in [0.2, 0.25) is 5.02 Å². The Hall–Kier alpha value is -2.24. The number of benzene rings is 2. The summed E-state index contributed by atoms with van der Waals surface area (Å²) in [4.78, 5) is 12.5. The van der Waals surface area contributed by atoms with Gasteiger partial charge in [-0.2, -0.15) is 0 Å². The average Bonchev–Trinajstić information content (AvgIpc) is 2.65. The highest BCUT2D eigenvalue weighted by molar-refractivity contribution is 6.31. The molecule has 1 saturated heterocycles. The minimum absolute atomic E-state index is 0.0369. The van der Waals surface area contributed by atoms with Gasteiger partial charge in [0.05, 0.1) is 12.8 Å². The number of nitrogens with one attached hydrogen (secondary N) is 1. The minimum atomic E-state index is -0.0541. The normalized spacial score (nSPS) is 14.8. The average molecular weight is 362 g/mol. The van der Waals surface area contributed by atoms with E-state index >= 15 is 0 Å². The van der Waals surface area contributed by atoms with Gasteiger partial charge in [0, 0.05) is 24.2 Å². The molecule has 5 nitrogen and oxygen atoms in total. The molecule has 0 aliphatic carbocycles. The van der Waals surface area contributed by atoms with Crippen LogP contribution in [0, 0.1) is 5.92 Å². The van der Waals surface area contributed by atoms with Crippen LogP contribution in [0.1, 0.15) is 12.8 Å². The Kier molecular flexibility index (Phi) is 5.79. The number of ether oxygens (including phenoxy) is 3. The lowest BCUT2D eigenvalue weighted by atomic mass is 9.99. The molecule has 2 aromatic carbocycles. The third-order valence-corrected chi connectivity index (χ3v) is 4.31. The SMILES string of the molecule is COc1ccc(Oc2ccc(Cl)cc2NC(=O)C2CCOCC2)cc1. The second kappa shape index (κ2) is 8.23. The Morgan fingerprint density at radius 3 is 2.48 bits per heavy atom. The van der Waals surface area contributed by atoms with E-state index in [0.717, 1.165) is 18.6 Å². The molecule has 1 heterocycles. The summed E-state index contributed by atoms with van der Waals surface area (Å²) < 4.78 is 16.3. The molecule has 132 valence electrons. The van der Waals surface area contributed by atoms with Gasteiger partial charge in [-0.1, -0.05) is 11.6 Å². The molecule has 0 spiro atoms. The molecule has 3 rings (SSSR count). The Bertz CT molecular complexity index is 727. The third kappa shape index (κ3) is 4.65. The molecule has 0 radical (unpaired) electrons. The van der Waals surface area contributed by atoms with Crippen molar-refractivity contribution in [3.05, 3.63) is 47.5 Å². The highest BCUT2D eigenvalue weighted by Crippen LogP contribution is 2.33. The molecule has 1 aliphatic heterocycles. The van der Waals surface area contributed by atoms with Gasteiger partial charge in [-0.3, -0.25) is 4.79 Å². The summed E-state index contributed by atoms with van der Waals surface area (Å²) in [6.45, 7) is 1.23. The van der Waals surface area contributed by atoms with Crippen LogP contribution >= 0.6 is 11.6 Å². The van der Waals surface area contributed by atoms with Crippen molar-refractivity contribution in [1.29, 1.82) is 0 Å². The number of halogens is 1. The molecule has 0 saturated carbocycles. The van der Waals surface area contributed by atoms with Gasteiger partial charge in [0.1, 0.15) is 11.5 Å². The predicted molar refractivity (Wildman–Crippen MR) is 96.7 cm³/mol. The molecule has 1 N–H and O–H groups in total. The van der Waals surface area contributed by atoms with E-state index in [2.05, 4.69) is 5.32 Å². The van der Waals surface area contributed by atoms with E-state index in [1.54, 1.807) is 37.4 Å². The van der Waals surface area contributed by atoms with Gasteiger partial charge in [-0.05, 0) is 55.3 Å². The van der Waals surface area contributed by atoms with Crippen molar-refractivity contribution >= 4 is 23.2 Å². The smallest absolute Gasteiger partial charge is 0.227 e. The zero-order chi connectivity index (χ0) is 17.6. The first-order valence-corrected chi connectivity index (χ1v) is 8.53. The molecular weight excluding hydrogens is 342 g/mol. The maximum absolute atomic E-state index is 12.5. The molecule has 2 aromatic rings. The van der Waals surface area contributed by atoms with E-state index in [0.29, 0.717) is 35.4 Å². The fourth-order valence-electron chi connectivity index (χ4n) is 2.65. The van der Waals surface area contributed by atoms with Crippen molar-refractivity contribution < 1.29 is 19.0 Å². The van der Waals surface area contributed by atoms with Gasteiger partial charge in [0.2, 0.25) is 5.91 Å². The number of carbonyl (C=O) groups excluding carboxylic acids is 1. The highest BCUT2D eigenvalue weighted by atomic mass is 35.5. The topological polar surface area (TPSA) is 56.8 Å². The number of rotatable bonds is 5. The van der Waals surface area contributed by atoms with E-state index in [-0.39, 0.29) is 11.8 Å². The minimum Gasteiger partial charge on any atom is -0.497 e. The lowest BCUT2D eigenvalue weighted by Gasteiger charge is -2.22. The largest absolute Gasteiger partial charge is 0.497 e. The molecule has 1 amide bonds. The quantitative estimate of drug-likeness (QED) is 0.851. The predicted octanol–water partition coefficient (Wildman–Crippen LogP) is 4.51. The van der Waals surface area contributed by atoms with Crippen LogP contribution in [0.5, 0.6) is 17.2 Å². The van der Waals surface area contributed by atoms with Crippen molar-refractivity contribution in [2.75, 3.05) is 25.6 Å². The second-order valence-corrected chi connectivity index (χ2v) is 6.23. The van der Waals surface area contributed by atoms with Gasteiger partial charge >= 0.3 is 0 Å². The fraction of sp³-hybridized carbons (Fsp3) is 0.316. The van der Waals surface area contributed by atoms with Crippen molar-refractivity contribution in [2.24, 2.45) is 5.92 Å². The highest BCUT2D eigenvalue weighted by Gasteiger charge is 2.22. The zero-order valence-electron chi connectivity index (χ0n) is 14.0. The number of hydrogen-bond donors (Lipinski definition) is 1. The number of carbonyl (C=O) groups is 1. The number of anilines is 1. The maximum Gasteiger partial charge on any atom is 0.227 e. The van der Waals surface area contributed by atoms with Gasteiger partial charge in [-0.15, -0.1) is 0 Å². The molecule has 6 heteroatoms. The molecule has 0 aromatic heterocycles. The second-order valence-electron chi connectivity index (χ2n) is 5.79. The van der Waals surface area contributed by atoms with Crippen LogP contribution in [-0.2, 0) is 9.53 Å². The summed E-state index contributed by atoms with van der Waals surface area (Å²) in [5.74, 6) is 1.84. The summed E-state index contributed by atoms with van der Waals surface area (Å²) in [7, 11) is 1.61. The number of methoxy groups -OCH3 is 1. The van der Waals surface area contributed by atoms with Gasteiger partial charge in [0.15, 0.2) is 5.75 Å². The van der Waals surface area contributed by atoms with Gasteiger partial charge < -0.3 is 19.5 Å². The first-order chi connectivity index (χ1) is 12.2. The van der Waals surface area contributed by atoms with E-state index in [1.165, 1.54) is 0 Å². The Morgan fingerprint density at radius 2 is 1.80 bits per heavy atom. The summed E-state index contributed by atoms with van der Waals surface area (Å²) in [5.41, 5.74) is 0.555. The van der Waals surface area contributed by atoms with Crippen LogP contribution in [0.3, 0.4) is 0 Å². The molecule has 0 bridgehead atoms. The number of hydrogen-bond acceptors (Lipinski definition) is 4. The Balaban J connectivity index is 1.76. The van der Waals surface area contributed by atoms with Gasteiger partial charge in [0.25, 0.3) is 0 Å². The molecule has 25 heavy (non-hydrogen) atoms. The molecular formula is C19H20ClNO4. The first kappa shape index (κ1) is 17.6. The Morgan fingerprint density at radius 1 is 1.12 bits per heavy atom. The summed E-state index contributed by atoms with van der Waals surface area (Å²) in [6, 6.07) is 12.4. The van der Waals surface area contributed by atoms with Crippen LogP contribution in [0.15, 0.2) is 42.5 Å². The molecule has 0 unspecified atom stereocenters. The zero-order valence-corrected chi connectivity index (χ0v) is 14.7. The van der Waals surface area contributed by atoms with Crippen LogP contribution in [0.25, 0.3) is 0 Å². The lowest BCUT2D eigenvalue weighted by Crippen LogP contribution is -2.28. The van der Waals surface area contributed by atoms with Crippen molar-refractivity contribution in [3.8, 4) is 17.2 Å². The van der Waals surface area contributed by atoms with E-state index in [1.807, 2.05) is 12.1 Å². The van der Waals surface area contributed by atoms with E-state index < -0.39 is 0 Å². The lowest BCUT2D eigenvalue weighted by molar-refractivity contribution is -0.122. The van der Waals surface area contributed by atoms with Crippen LogP contribution in [0.4, 0.5) is 5.69 Å². The van der Waals surface area contributed by atoms with Crippen molar-refractivity contribution in [2.45, 2.75) is 12.8 Å². The summed E-state index contributed by atoms with van der Waals surface area (Å²) >= 11 is 6.09. The summed E-state index contributed by atoms with van der Waals surface area (Å²) in [6.07, 6.45) is 1.45. The molecule has 1 aliphatic rings. The monoisotopic (exact) mass is 361 g/mol. The fourth-order valence-corrected chi connectivity index (χ4v) is 2.83. The molecule has 1 fully saturated rings. The van der Waals surface area contributed by atoms with Crippen LogP contribution < -0.4 is 14.8 Å². The Labute approximate surface area is 151 Å². The van der Waals surface area contributed by atoms with E-state index in [4.69, 9.17) is 25.8 Å². The van der Waals surface area contributed by atoms with Gasteiger partial charge in [-0.25, -0.2) is 0 Å². The van der Waals surface area contributed by atoms with E-state index in [9.17, 15) is 4.79 Å². The molecule has 0 atom stereocenters. The maximum atomic E-state index is 12.5. The van der Waals surface area contributed by atoms with Crippen LogP contribution in [-0.4, -0.2) is 26.2 Å². The van der Waals surface area contributed by atoms with Crippen molar-refractivity contribution in [1.82, 2.24) is 0 Å². The standard InChI is InChI=1S/C19H20ClNO4/c1-23-15-3-5-16(6-4-15)25-18-7-2-14(20)12-17(18)21-19(22)13-8-10-24-11-9-13/h2-7,12-13H,8-11H2,1H3,(H,21,22).